The molecule has 0 aromatic carbocycles. The highest BCUT2D eigenvalue weighted by atomic mass is 35.5. The van der Waals surface area contributed by atoms with E-state index in [1.54, 1.807) is 11.9 Å². The molecule has 0 spiro atoms. The molecule has 94 valence electrons. The molecule has 3 nitrogen and oxygen atoms in total. The molecule has 1 amide bonds. The van der Waals surface area contributed by atoms with E-state index in [-0.39, 0.29) is 11.5 Å². The van der Waals surface area contributed by atoms with Crippen LogP contribution in [0, 0.1) is 5.82 Å². The van der Waals surface area contributed by atoms with Crippen molar-refractivity contribution in [2.24, 2.45) is 0 Å². The third kappa shape index (κ3) is 4.69. The predicted molar refractivity (Wildman–Crippen MR) is 65.7 cm³/mol. The maximum absolute atomic E-state index is 12.9. The largest absolute Gasteiger partial charge is 0.342 e. The molecule has 0 saturated heterocycles. The molecule has 0 unspecified atom stereocenters. The molecule has 1 aromatic rings. The van der Waals surface area contributed by atoms with Gasteiger partial charge in [-0.15, -0.1) is 11.6 Å². The van der Waals surface area contributed by atoms with Crippen molar-refractivity contribution in [2.45, 2.75) is 19.3 Å². The average molecular weight is 259 g/mol. The molecule has 1 heterocycles. The maximum atomic E-state index is 12.9. The van der Waals surface area contributed by atoms with E-state index in [0.717, 1.165) is 25.5 Å². The molecule has 0 N–H and O–H groups in total. The molecule has 0 aliphatic rings. The molecular weight excluding hydrogens is 243 g/mol. The van der Waals surface area contributed by atoms with Crippen LogP contribution in [-0.4, -0.2) is 35.3 Å². The summed E-state index contributed by atoms with van der Waals surface area (Å²) in [6.45, 7) is 0.645. The minimum atomic E-state index is -0.494. The lowest BCUT2D eigenvalue weighted by molar-refractivity contribution is 0.0792. The summed E-state index contributed by atoms with van der Waals surface area (Å²) in [6.07, 6.45) is 5.29. The fourth-order valence-corrected chi connectivity index (χ4v) is 1.66. The van der Waals surface area contributed by atoms with Crippen LogP contribution in [-0.2, 0) is 0 Å². The number of amides is 1. The van der Waals surface area contributed by atoms with Crippen LogP contribution in [0.1, 0.15) is 29.6 Å². The minimum Gasteiger partial charge on any atom is -0.342 e. The average Bonchev–Trinajstić information content (AvgIpc) is 2.33. The Kier molecular flexibility index (Phi) is 5.91. The number of nitrogens with zero attached hydrogens (tertiary/aromatic N) is 2. The van der Waals surface area contributed by atoms with Crippen LogP contribution in [0.2, 0.25) is 0 Å². The predicted octanol–water partition coefficient (Wildman–Crippen LogP) is 2.70. The minimum absolute atomic E-state index is 0.206. The molecule has 5 heteroatoms. The van der Waals surface area contributed by atoms with Crippen molar-refractivity contribution in [3.8, 4) is 0 Å². The molecule has 0 fully saturated rings. The number of rotatable bonds is 6. The van der Waals surface area contributed by atoms with Crippen LogP contribution in [0.4, 0.5) is 4.39 Å². The first kappa shape index (κ1) is 13.9. The quantitative estimate of drug-likeness (QED) is 0.581. The monoisotopic (exact) mass is 258 g/mol. The Bertz CT molecular complexity index is 373. The van der Waals surface area contributed by atoms with Crippen LogP contribution in [0.25, 0.3) is 0 Å². The van der Waals surface area contributed by atoms with Crippen LogP contribution in [0.3, 0.4) is 0 Å². The molecule has 0 atom stereocenters. The summed E-state index contributed by atoms with van der Waals surface area (Å²) in [5.74, 6) is -0.0554. The summed E-state index contributed by atoms with van der Waals surface area (Å²) in [6, 6.07) is 1.20. The van der Waals surface area contributed by atoms with Gasteiger partial charge in [0.15, 0.2) is 0 Å². The zero-order chi connectivity index (χ0) is 12.7. The second kappa shape index (κ2) is 7.22. The summed E-state index contributed by atoms with van der Waals surface area (Å²) in [7, 11) is 1.70. The summed E-state index contributed by atoms with van der Waals surface area (Å²) < 4.78 is 12.9. The van der Waals surface area contributed by atoms with Gasteiger partial charge in [0, 0.05) is 25.7 Å². The first-order chi connectivity index (χ1) is 8.15. The summed E-state index contributed by atoms with van der Waals surface area (Å²) in [4.78, 5) is 17.1. The summed E-state index contributed by atoms with van der Waals surface area (Å²) in [5.41, 5.74) is 0.282. The van der Waals surface area contributed by atoms with Gasteiger partial charge < -0.3 is 4.90 Å². The highest BCUT2D eigenvalue weighted by Crippen LogP contribution is 2.06. The molecule has 0 radical (unpaired) electrons. The number of halogens is 2. The van der Waals surface area contributed by atoms with Crippen molar-refractivity contribution in [2.75, 3.05) is 19.5 Å². The molecule has 0 aliphatic heterocycles. The highest BCUT2D eigenvalue weighted by Gasteiger charge is 2.12. The molecule has 0 bridgehead atoms. The Balaban J connectivity index is 2.46. The second-order valence-electron chi connectivity index (χ2n) is 3.87. The van der Waals surface area contributed by atoms with Crippen molar-refractivity contribution < 1.29 is 9.18 Å². The van der Waals surface area contributed by atoms with Gasteiger partial charge in [-0.1, -0.05) is 6.42 Å². The van der Waals surface area contributed by atoms with Crippen molar-refractivity contribution in [1.29, 1.82) is 0 Å². The zero-order valence-electron chi connectivity index (χ0n) is 9.83. The van der Waals surface area contributed by atoms with E-state index >= 15 is 0 Å². The molecule has 0 aliphatic carbocycles. The van der Waals surface area contributed by atoms with Crippen molar-refractivity contribution in [3.63, 3.8) is 0 Å². The van der Waals surface area contributed by atoms with Crippen LogP contribution >= 0.6 is 11.6 Å². The molecule has 0 saturated carbocycles. The van der Waals surface area contributed by atoms with Crippen molar-refractivity contribution in [1.82, 2.24) is 9.88 Å². The highest BCUT2D eigenvalue weighted by molar-refractivity contribution is 6.17. The number of alkyl halides is 1. The zero-order valence-corrected chi connectivity index (χ0v) is 10.6. The molecule has 1 rings (SSSR count). The van der Waals surface area contributed by atoms with Gasteiger partial charge in [0.05, 0.1) is 11.8 Å². The number of pyridine rings is 1. The number of hydrogen-bond donors (Lipinski definition) is 0. The van der Waals surface area contributed by atoms with Crippen molar-refractivity contribution >= 4 is 17.5 Å². The van der Waals surface area contributed by atoms with Crippen LogP contribution < -0.4 is 0 Å². The van der Waals surface area contributed by atoms with Crippen LogP contribution in [0.5, 0.6) is 0 Å². The fraction of sp³-hybridized carbons (Fsp3) is 0.500. The number of unbranched alkanes of at least 4 members (excludes halogenated alkanes) is 2. The van der Waals surface area contributed by atoms with Crippen molar-refractivity contribution in [3.05, 3.63) is 29.8 Å². The van der Waals surface area contributed by atoms with E-state index in [1.807, 2.05) is 0 Å². The van der Waals surface area contributed by atoms with E-state index in [9.17, 15) is 9.18 Å². The van der Waals surface area contributed by atoms with Gasteiger partial charge in [0.1, 0.15) is 5.82 Å². The lowest BCUT2D eigenvalue weighted by atomic mass is 10.2. The first-order valence-corrected chi connectivity index (χ1v) is 6.10. The Hall–Kier alpha value is -1.16. The third-order valence-electron chi connectivity index (χ3n) is 2.43. The second-order valence-corrected chi connectivity index (χ2v) is 4.25. The third-order valence-corrected chi connectivity index (χ3v) is 2.69. The normalized spacial score (nSPS) is 10.3. The number of aromatic nitrogens is 1. The van der Waals surface area contributed by atoms with Gasteiger partial charge in [0.2, 0.25) is 0 Å². The van der Waals surface area contributed by atoms with E-state index in [4.69, 9.17) is 11.6 Å². The van der Waals surface area contributed by atoms with E-state index in [2.05, 4.69) is 4.98 Å². The van der Waals surface area contributed by atoms with Gasteiger partial charge in [-0.3, -0.25) is 9.78 Å². The number of hydrogen-bond acceptors (Lipinski definition) is 2. The number of carbonyl (C=O) groups excluding carboxylic acids is 1. The molecular formula is C12H16ClFN2O. The summed E-state index contributed by atoms with van der Waals surface area (Å²) >= 11 is 5.56. The number of carbonyl (C=O) groups is 1. The van der Waals surface area contributed by atoms with E-state index < -0.39 is 5.82 Å². The molecule has 1 aromatic heterocycles. The van der Waals surface area contributed by atoms with Gasteiger partial charge in [-0.2, -0.15) is 0 Å². The topological polar surface area (TPSA) is 33.2 Å². The maximum Gasteiger partial charge on any atom is 0.255 e. The van der Waals surface area contributed by atoms with Gasteiger partial charge >= 0.3 is 0 Å². The van der Waals surface area contributed by atoms with Gasteiger partial charge in [-0.05, 0) is 18.9 Å². The van der Waals surface area contributed by atoms with E-state index in [0.29, 0.717) is 12.4 Å². The Morgan fingerprint density at radius 1 is 1.41 bits per heavy atom. The lowest BCUT2D eigenvalue weighted by Crippen LogP contribution is -2.27. The van der Waals surface area contributed by atoms with Gasteiger partial charge in [0.25, 0.3) is 5.91 Å². The fourth-order valence-electron chi connectivity index (χ4n) is 1.47. The Labute approximate surface area is 106 Å². The van der Waals surface area contributed by atoms with E-state index in [1.165, 1.54) is 12.3 Å². The Morgan fingerprint density at radius 2 is 2.18 bits per heavy atom. The van der Waals surface area contributed by atoms with Crippen LogP contribution in [0.15, 0.2) is 18.5 Å². The SMILES string of the molecule is CN(CCCCCCl)C(=O)c1cncc(F)c1. The smallest absolute Gasteiger partial charge is 0.255 e. The first-order valence-electron chi connectivity index (χ1n) is 5.57. The lowest BCUT2D eigenvalue weighted by Gasteiger charge is -2.16. The Morgan fingerprint density at radius 3 is 2.82 bits per heavy atom. The summed E-state index contributed by atoms with van der Waals surface area (Å²) in [5, 5.41) is 0. The van der Waals surface area contributed by atoms with Gasteiger partial charge in [-0.25, -0.2) is 4.39 Å². The standard InChI is InChI=1S/C12H16ClFN2O/c1-16(6-4-2-3-5-13)12(17)10-7-11(14)9-15-8-10/h7-9H,2-6H2,1H3. The molecule has 17 heavy (non-hydrogen) atoms.